The summed E-state index contributed by atoms with van der Waals surface area (Å²) in [6, 6.07) is -1.25. The van der Waals surface area contributed by atoms with E-state index in [2.05, 4.69) is 5.32 Å². The molecular formula is C11H16N2O4. The number of carbonyl (C=O) groups excluding carboxylic acids is 2. The number of carbonyl (C=O) groups is 3. The first-order valence-electron chi connectivity index (χ1n) is 5.81. The van der Waals surface area contributed by atoms with E-state index in [1.54, 1.807) is 4.90 Å². The Bertz CT molecular complexity index is 368. The lowest BCUT2D eigenvalue weighted by Gasteiger charge is -2.38. The van der Waals surface area contributed by atoms with Gasteiger partial charge in [-0.1, -0.05) is 6.92 Å². The van der Waals surface area contributed by atoms with Crippen LogP contribution >= 0.6 is 0 Å². The lowest BCUT2D eigenvalue weighted by Crippen LogP contribution is -2.53. The van der Waals surface area contributed by atoms with Crippen LogP contribution < -0.4 is 5.32 Å². The van der Waals surface area contributed by atoms with E-state index < -0.39 is 18.1 Å². The van der Waals surface area contributed by atoms with Crippen LogP contribution in [0.2, 0.25) is 0 Å². The van der Waals surface area contributed by atoms with E-state index in [0.29, 0.717) is 18.9 Å². The van der Waals surface area contributed by atoms with Crippen molar-refractivity contribution in [2.45, 2.75) is 38.3 Å². The second-order valence-corrected chi connectivity index (χ2v) is 4.85. The van der Waals surface area contributed by atoms with Gasteiger partial charge >= 0.3 is 5.97 Å². The quantitative estimate of drug-likeness (QED) is 0.640. The van der Waals surface area contributed by atoms with Crippen LogP contribution in [0.15, 0.2) is 0 Å². The van der Waals surface area contributed by atoms with Crippen molar-refractivity contribution >= 4 is 17.8 Å². The summed E-state index contributed by atoms with van der Waals surface area (Å²) < 4.78 is 0. The summed E-state index contributed by atoms with van der Waals surface area (Å²) in [7, 11) is 0. The van der Waals surface area contributed by atoms with E-state index in [0.717, 1.165) is 6.42 Å². The van der Waals surface area contributed by atoms with Gasteiger partial charge in [-0.2, -0.15) is 0 Å². The summed E-state index contributed by atoms with van der Waals surface area (Å²) in [4.78, 5) is 35.6. The van der Waals surface area contributed by atoms with Crippen molar-refractivity contribution in [2.24, 2.45) is 5.92 Å². The topological polar surface area (TPSA) is 86.7 Å². The summed E-state index contributed by atoms with van der Waals surface area (Å²) in [5.41, 5.74) is 0. The van der Waals surface area contributed by atoms with Crippen molar-refractivity contribution in [2.75, 3.05) is 6.54 Å². The lowest BCUT2D eigenvalue weighted by atomic mass is 9.91. The third-order valence-corrected chi connectivity index (χ3v) is 3.54. The summed E-state index contributed by atoms with van der Waals surface area (Å²) in [6.45, 7) is 2.57. The molecule has 2 amide bonds. The average molecular weight is 240 g/mol. The van der Waals surface area contributed by atoms with Crippen molar-refractivity contribution in [3.8, 4) is 0 Å². The van der Waals surface area contributed by atoms with E-state index in [1.165, 1.54) is 0 Å². The number of nitrogens with zero attached hydrogens (tertiary/aromatic N) is 1. The Morgan fingerprint density at radius 2 is 2.18 bits per heavy atom. The molecule has 3 atom stereocenters. The van der Waals surface area contributed by atoms with E-state index in [4.69, 9.17) is 0 Å². The van der Waals surface area contributed by atoms with Crippen LogP contribution in [0.4, 0.5) is 0 Å². The Morgan fingerprint density at radius 3 is 2.71 bits per heavy atom. The highest BCUT2D eigenvalue weighted by Gasteiger charge is 2.42. The maximum Gasteiger partial charge on any atom is 0.320 e. The summed E-state index contributed by atoms with van der Waals surface area (Å²) in [5.74, 6) is -1.25. The van der Waals surface area contributed by atoms with Crippen LogP contribution in [-0.4, -0.2) is 46.4 Å². The second-order valence-electron chi connectivity index (χ2n) is 4.85. The minimum atomic E-state index is -0.913. The number of carboxylic acid groups (broad SMARTS) is 1. The highest BCUT2D eigenvalue weighted by molar-refractivity contribution is 6.05. The van der Waals surface area contributed by atoms with Crippen molar-refractivity contribution < 1.29 is 19.5 Å². The Morgan fingerprint density at radius 1 is 1.47 bits per heavy atom. The number of aliphatic carboxylic acids is 1. The van der Waals surface area contributed by atoms with E-state index in [1.807, 2.05) is 6.92 Å². The van der Waals surface area contributed by atoms with Crippen LogP contribution in [0, 0.1) is 5.92 Å². The SMILES string of the molecule is CC1CCN(C2CC(=O)NC2=O)C(C(=O)O)C1. The molecule has 0 radical (unpaired) electrons. The zero-order valence-corrected chi connectivity index (χ0v) is 9.68. The normalized spacial score (nSPS) is 34.8. The lowest BCUT2D eigenvalue weighted by molar-refractivity contribution is -0.147. The van der Waals surface area contributed by atoms with Gasteiger partial charge in [0.2, 0.25) is 11.8 Å². The molecule has 0 aromatic rings. The first-order valence-corrected chi connectivity index (χ1v) is 5.81. The van der Waals surface area contributed by atoms with Gasteiger partial charge in [-0.05, 0) is 18.8 Å². The third kappa shape index (κ3) is 2.31. The first-order chi connectivity index (χ1) is 7.99. The molecule has 17 heavy (non-hydrogen) atoms. The number of hydrogen-bond acceptors (Lipinski definition) is 4. The summed E-state index contributed by atoms with van der Waals surface area (Å²) in [5, 5.41) is 11.4. The standard InChI is InChI=1S/C11H16N2O4/c1-6-2-3-13(8(4-6)11(16)17)7-5-9(14)12-10(7)15/h6-8H,2-5H2,1H3,(H,16,17)(H,12,14,15). The van der Waals surface area contributed by atoms with Gasteiger partial charge in [-0.3, -0.25) is 24.6 Å². The van der Waals surface area contributed by atoms with Gasteiger partial charge in [0.25, 0.3) is 0 Å². The maximum atomic E-state index is 11.6. The molecule has 2 aliphatic rings. The molecule has 6 nitrogen and oxygen atoms in total. The van der Waals surface area contributed by atoms with Gasteiger partial charge in [0.15, 0.2) is 0 Å². The Kier molecular flexibility index (Phi) is 3.15. The largest absolute Gasteiger partial charge is 0.480 e. The highest BCUT2D eigenvalue weighted by atomic mass is 16.4. The molecule has 2 aliphatic heterocycles. The average Bonchev–Trinajstić information content (AvgIpc) is 2.57. The van der Waals surface area contributed by atoms with E-state index >= 15 is 0 Å². The monoisotopic (exact) mass is 240 g/mol. The molecule has 0 aliphatic carbocycles. The number of piperidine rings is 1. The minimum absolute atomic E-state index is 0.0804. The molecule has 2 saturated heterocycles. The maximum absolute atomic E-state index is 11.6. The van der Waals surface area contributed by atoms with Crippen molar-refractivity contribution in [3.05, 3.63) is 0 Å². The molecule has 2 fully saturated rings. The number of rotatable bonds is 2. The number of likely N-dealkylation sites (tertiary alicyclic amines) is 1. The number of amides is 2. The molecule has 6 heteroatoms. The van der Waals surface area contributed by atoms with E-state index in [9.17, 15) is 19.5 Å². The molecule has 2 N–H and O–H groups in total. The van der Waals surface area contributed by atoms with Gasteiger partial charge < -0.3 is 5.11 Å². The highest BCUT2D eigenvalue weighted by Crippen LogP contribution is 2.26. The number of nitrogens with one attached hydrogen (secondary N) is 1. The van der Waals surface area contributed by atoms with Crippen molar-refractivity contribution in [1.82, 2.24) is 10.2 Å². The summed E-state index contributed by atoms with van der Waals surface area (Å²) in [6.07, 6.45) is 1.48. The molecule has 2 heterocycles. The molecule has 0 spiro atoms. The minimum Gasteiger partial charge on any atom is -0.480 e. The fraction of sp³-hybridized carbons (Fsp3) is 0.727. The number of carboxylic acids is 1. The molecule has 0 saturated carbocycles. The fourth-order valence-corrected chi connectivity index (χ4v) is 2.58. The number of imide groups is 1. The predicted molar refractivity (Wildman–Crippen MR) is 58.1 cm³/mol. The molecule has 0 aromatic heterocycles. The Hall–Kier alpha value is -1.43. The zero-order chi connectivity index (χ0) is 12.6. The van der Waals surface area contributed by atoms with Crippen LogP contribution in [-0.2, 0) is 14.4 Å². The molecule has 2 rings (SSSR count). The van der Waals surface area contributed by atoms with Crippen LogP contribution in [0.25, 0.3) is 0 Å². The third-order valence-electron chi connectivity index (χ3n) is 3.54. The summed E-state index contributed by atoms with van der Waals surface area (Å²) >= 11 is 0. The molecule has 94 valence electrons. The van der Waals surface area contributed by atoms with Crippen LogP contribution in [0.1, 0.15) is 26.2 Å². The molecule has 0 bridgehead atoms. The second kappa shape index (κ2) is 4.44. The Balaban J connectivity index is 2.15. The molecule has 3 unspecified atom stereocenters. The Labute approximate surface area is 99.0 Å². The van der Waals surface area contributed by atoms with Gasteiger partial charge in [0.1, 0.15) is 6.04 Å². The molecule has 0 aromatic carbocycles. The number of hydrogen-bond donors (Lipinski definition) is 2. The van der Waals surface area contributed by atoms with Crippen molar-refractivity contribution in [3.63, 3.8) is 0 Å². The van der Waals surface area contributed by atoms with Gasteiger partial charge in [-0.15, -0.1) is 0 Å². The fourth-order valence-electron chi connectivity index (χ4n) is 2.58. The zero-order valence-electron chi connectivity index (χ0n) is 9.68. The van der Waals surface area contributed by atoms with Gasteiger partial charge in [0.05, 0.1) is 12.5 Å². The van der Waals surface area contributed by atoms with Gasteiger partial charge in [0, 0.05) is 6.54 Å². The van der Waals surface area contributed by atoms with Gasteiger partial charge in [-0.25, -0.2) is 0 Å². The smallest absolute Gasteiger partial charge is 0.320 e. The first kappa shape index (κ1) is 12.0. The van der Waals surface area contributed by atoms with Crippen molar-refractivity contribution in [1.29, 1.82) is 0 Å². The van der Waals surface area contributed by atoms with Crippen LogP contribution in [0.5, 0.6) is 0 Å². The molecular weight excluding hydrogens is 224 g/mol. The predicted octanol–water partition coefficient (Wildman–Crippen LogP) is -0.413. The van der Waals surface area contributed by atoms with E-state index in [-0.39, 0.29) is 18.2 Å². The van der Waals surface area contributed by atoms with Crippen LogP contribution in [0.3, 0.4) is 0 Å².